The number of carbonyl (C=O) groups excluding carboxylic acids is 1. The molecule has 0 spiro atoms. The first-order chi connectivity index (χ1) is 8.80. The van der Waals surface area contributed by atoms with Crippen molar-refractivity contribution in [3.63, 3.8) is 0 Å². The molecule has 2 N–H and O–H groups in total. The molecule has 1 aliphatic carbocycles. The quantitative estimate of drug-likeness (QED) is 0.837. The number of pyridine rings is 1. The Labute approximate surface area is 111 Å². The smallest absolute Gasteiger partial charge is 0.275 e. The highest BCUT2D eigenvalue weighted by Gasteiger charge is 2.31. The zero-order chi connectivity index (χ0) is 14.2. The summed E-state index contributed by atoms with van der Waals surface area (Å²) in [7, 11) is -0.869. The average molecular weight is 285 g/mol. The van der Waals surface area contributed by atoms with Crippen LogP contribution in [0.3, 0.4) is 0 Å². The molecule has 1 aromatic rings. The number of primary sulfonamides is 1. The summed E-state index contributed by atoms with van der Waals surface area (Å²) < 4.78 is 28.6. The van der Waals surface area contributed by atoms with Crippen molar-refractivity contribution in [2.24, 2.45) is 5.14 Å². The van der Waals surface area contributed by atoms with Crippen LogP contribution >= 0.6 is 0 Å². The fourth-order valence-electron chi connectivity index (χ4n) is 1.49. The van der Waals surface area contributed by atoms with Crippen LogP contribution in [0, 0.1) is 0 Å². The number of hydrogen-bond acceptors (Lipinski definition) is 5. The largest absolute Gasteiger partial charge is 0.487 e. The molecule has 7 nitrogen and oxygen atoms in total. The van der Waals surface area contributed by atoms with Crippen LogP contribution in [0.5, 0.6) is 5.75 Å². The van der Waals surface area contributed by atoms with E-state index in [0.717, 1.165) is 12.8 Å². The van der Waals surface area contributed by atoms with Gasteiger partial charge in [-0.25, -0.2) is 18.5 Å². The summed E-state index contributed by atoms with van der Waals surface area (Å²) >= 11 is 0. The van der Waals surface area contributed by atoms with Gasteiger partial charge >= 0.3 is 0 Å². The third kappa shape index (κ3) is 3.02. The number of sulfonamides is 1. The molecule has 104 valence electrons. The minimum absolute atomic E-state index is 0.0385. The monoisotopic (exact) mass is 285 g/mol. The van der Waals surface area contributed by atoms with Gasteiger partial charge in [-0.2, -0.15) is 0 Å². The minimum Gasteiger partial charge on any atom is -0.487 e. The fraction of sp³-hybridized carbons (Fsp3) is 0.455. The van der Waals surface area contributed by atoms with Crippen molar-refractivity contribution < 1.29 is 17.9 Å². The van der Waals surface area contributed by atoms with Crippen LogP contribution in [-0.4, -0.2) is 44.4 Å². The number of nitrogens with zero attached hydrogens (tertiary/aromatic N) is 2. The number of nitrogens with two attached hydrogens (primary N) is 1. The Morgan fingerprint density at radius 2 is 2.11 bits per heavy atom. The topological polar surface area (TPSA) is 103 Å². The minimum atomic E-state index is -3.97. The van der Waals surface area contributed by atoms with E-state index in [1.807, 2.05) is 0 Å². The van der Waals surface area contributed by atoms with Gasteiger partial charge in [-0.1, -0.05) is 0 Å². The second kappa shape index (κ2) is 4.78. The van der Waals surface area contributed by atoms with E-state index in [1.54, 1.807) is 14.1 Å². The van der Waals surface area contributed by atoms with Crippen molar-refractivity contribution in [1.29, 1.82) is 0 Å². The molecule has 0 radical (unpaired) electrons. The molecular weight excluding hydrogens is 270 g/mol. The number of hydrogen-bond donors (Lipinski definition) is 1. The highest BCUT2D eigenvalue weighted by molar-refractivity contribution is 7.89. The Hall–Kier alpha value is -1.67. The van der Waals surface area contributed by atoms with Crippen molar-refractivity contribution in [3.05, 3.63) is 18.0 Å². The van der Waals surface area contributed by atoms with E-state index in [1.165, 1.54) is 17.2 Å². The predicted molar refractivity (Wildman–Crippen MR) is 67.3 cm³/mol. The van der Waals surface area contributed by atoms with Gasteiger partial charge in [0.2, 0.25) is 10.0 Å². The zero-order valence-corrected chi connectivity index (χ0v) is 11.5. The first-order valence-electron chi connectivity index (χ1n) is 5.71. The van der Waals surface area contributed by atoms with Crippen LogP contribution < -0.4 is 9.88 Å². The molecule has 0 aromatic carbocycles. The van der Waals surface area contributed by atoms with Gasteiger partial charge in [0.1, 0.15) is 4.90 Å². The van der Waals surface area contributed by atoms with Gasteiger partial charge < -0.3 is 9.64 Å². The maximum Gasteiger partial charge on any atom is 0.275 e. The SMILES string of the molecule is CN(C)C(=O)c1nccc(S(N)(=O)=O)c1OC1CC1. The number of aromatic nitrogens is 1. The third-order valence-electron chi connectivity index (χ3n) is 2.59. The molecule has 0 atom stereocenters. The van der Waals surface area contributed by atoms with Gasteiger partial charge in [-0.15, -0.1) is 0 Å². The molecular formula is C11H15N3O4S. The second-order valence-corrected chi connectivity index (χ2v) is 6.08. The average Bonchev–Trinajstić information content (AvgIpc) is 3.10. The first-order valence-corrected chi connectivity index (χ1v) is 7.25. The Balaban J connectivity index is 2.56. The molecule has 1 amide bonds. The van der Waals surface area contributed by atoms with Crippen molar-refractivity contribution in [3.8, 4) is 5.75 Å². The first kappa shape index (κ1) is 13.8. The highest BCUT2D eigenvalue weighted by atomic mass is 32.2. The molecule has 19 heavy (non-hydrogen) atoms. The normalized spacial score (nSPS) is 15.1. The summed E-state index contributed by atoms with van der Waals surface area (Å²) in [5.74, 6) is -0.479. The summed E-state index contributed by atoms with van der Waals surface area (Å²) in [5, 5.41) is 5.14. The van der Waals surface area contributed by atoms with E-state index >= 15 is 0 Å². The molecule has 0 saturated heterocycles. The highest BCUT2D eigenvalue weighted by Crippen LogP contribution is 2.33. The third-order valence-corrected chi connectivity index (χ3v) is 3.53. The van der Waals surface area contributed by atoms with Gasteiger partial charge in [0.05, 0.1) is 6.10 Å². The number of rotatable bonds is 4. The summed E-state index contributed by atoms with van der Waals surface area (Å²) in [6.07, 6.45) is 2.82. The molecule has 0 bridgehead atoms. The number of ether oxygens (including phenoxy) is 1. The van der Waals surface area contributed by atoms with E-state index in [-0.39, 0.29) is 22.4 Å². The van der Waals surface area contributed by atoms with Crippen molar-refractivity contribution >= 4 is 15.9 Å². The van der Waals surface area contributed by atoms with E-state index in [0.29, 0.717) is 0 Å². The molecule has 0 aliphatic heterocycles. The molecule has 1 fully saturated rings. The van der Waals surface area contributed by atoms with Crippen LogP contribution in [-0.2, 0) is 10.0 Å². The van der Waals surface area contributed by atoms with E-state index in [2.05, 4.69) is 4.98 Å². The van der Waals surface area contributed by atoms with E-state index in [9.17, 15) is 13.2 Å². The van der Waals surface area contributed by atoms with E-state index < -0.39 is 15.9 Å². The maximum absolute atomic E-state index is 12.0. The lowest BCUT2D eigenvalue weighted by Crippen LogP contribution is -2.25. The summed E-state index contributed by atoms with van der Waals surface area (Å²) in [5.41, 5.74) is -0.0385. The Morgan fingerprint density at radius 1 is 1.47 bits per heavy atom. The molecule has 0 unspecified atom stereocenters. The lowest BCUT2D eigenvalue weighted by molar-refractivity contribution is 0.0816. The molecule has 8 heteroatoms. The number of carbonyl (C=O) groups is 1. The molecule has 2 rings (SSSR count). The predicted octanol–water partition coefficient (Wildman–Crippen LogP) is -0.0280. The van der Waals surface area contributed by atoms with Crippen LogP contribution in [0.4, 0.5) is 0 Å². The van der Waals surface area contributed by atoms with Gasteiger partial charge in [-0.3, -0.25) is 4.79 Å². The van der Waals surface area contributed by atoms with Crippen molar-refractivity contribution in [2.75, 3.05) is 14.1 Å². The summed E-state index contributed by atoms with van der Waals surface area (Å²) in [4.78, 5) is 17.0. The lowest BCUT2D eigenvalue weighted by atomic mass is 10.3. The van der Waals surface area contributed by atoms with Crippen molar-refractivity contribution in [1.82, 2.24) is 9.88 Å². The van der Waals surface area contributed by atoms with Crippen LogP contribution in [0.15, 0.2) is 17.2 Å². The van der Waals surface area contributed by atoms with Crippen molar-refractivity contribution in [2.45, 2.75) is 23.8 Å². The zero-order valence-electron chi connectivity index (χ0n) is 10.7. The van der Waals surface area contributed by atoms with Gasteiger partial charge in [0.15, 0.2) is 11.4 Å². The Bertz CT molecular complexity index is 608. The van der Waals surface area contributed by atoms with Gasteiger partial charge in [-0.05, 0) is 18.9 Å². The summed E-state index contributed by atoms with van der Waals surface area (Å²) in [6, 6.07) is 1.24. The molecule has 1 aromatic heterocycles. The lowest BCUT2D eigenvalue weighted by Gasteiger charge is -2.15. The Morgan fingerprint density at radius 3 is 2.58 bits per heavy atom. The van der Waals surface area contributed by atoms with E-state index in [4.69, 9.17) is 9.88 Å². The number of amides is 1. The standard InChI is InChI=1S/C11H15N3O4S/c1-14(2)11(15)9-10(18-7-3-4-7)8(5-6-13-9)19(12,16)17/h5-7H,3-4H2,1-2H3,(H2,12,16,17). The molecule has 1 heterocycles. The Kier molecular flexibility index (Phi) is 3.46. The van der Waals surface area contributed by atoms with Gasteiger partial charge in [0.25, 0.3) is 5.91 Å². The van der Waals surface area contributed by atoms with Gasteiger partial charge in [0, 0.05) is 20.3 Å². The second-order valence-electron chi connectivity index (χ2n) is 4.55. The molecule has 1 aliphatic rings. The van der Waals surface area contributed by atoms with Crippen LogP contribution in [0.25, 0.3) is 0 Å². The molecule has 1 saturated carbocycles. The maximum atomic E-state index is 12.0. The summed E-state index contributed by atoms with van der Waals surface area (Å²) in [6.45, 7) is 0. The fourth-order valence-corrected chi connectivity index (χ4v) is 2.14. The van der Waals surface area contributed by atoms with Crippen LogP contribution in [0.1, 0.15) is 23.3 Å². The van der Waals surface area contributed by atoms with Crippen LogP contribution in [0.2, 0.25) is 0 Å².